The molecular weight excluding hydrogens is 184 g/mol. The Bertz CT molecular complexity index is 278. The molecule has 0 aromatic carbocycles. The van der Waals surface area contributed by atoms with Crippen LogP contribution in [-0.4, -0.2) is 11.0 Å². The normalized spacial score (nSPS) is 19.3. The number of hydrogen-bond donors (Lipinski definition) is 1. The van der Waals surface area contributed by atoms with E-state index in [1.807, 2.05) is 12.4 Å². The van der Waals surface area contributed by atoms with Crippen LogP contribution >= 0.6 is 0 Å². The van der Waals surface area contributed by atoms with Crippen LogP contribution in [0.1, 0.15) is 37.7 Å². The van der Waals surface area contributed by atoms with Crippen molar-refractivity contribution in [2.24, 2.45) is 11.7 Å². The van der Waals surface area contributed by atoms with E-state index >= 15 is 0 Å². The Morgan fingerprint density at radius 2 is 1.93 bits per heavy atom. The molecule has 1 aliphatic carbocycles. The lowest BCUT2D eigenvalue weighted by atomic mass is 9.95. The van der Waals surface area contributed by atoms with Crippen molar-refractivity contribution in [1.29, 1.82) is 0 Å². The van der Waals surface area contributed by atoms with Crippen LogP contribution in [-0.2, 0) is 6.42 Å². The molecule has 1 aromatic heterocycles. The molecular formula is C13H20N2. The largest absolute Gasteiger partial charge is 0.327 e. The van der Waals surface area contributed by atoms with Crippen molar-refractivity contribution in [3.8, 4) is 0 Å². The van der Waals surface area contributed by atoms with Gasteiger partial charge in [-0.25, -0.2) is 0 Å². The first-order chi connectivity index (χ1) is 7.34. The molecule has 2 N–H and O–H groups in total. The summed E-state index contributed by atoms with van der Waals surface area (Å²) in [6, 6.07) is 4.46. The number of pyridine rings is 1. The molecule has 1 aromatic rings. The van der Waals surface area contributed by atoms with Gasteiger partial charge in [-0.1, -0.05) is 25.7 Å². The second kappa shape index (κ2) is 5.26. The van der Waals surface area contributed by atoms with Crippen LogP contribution in [0.15, 0.2) is 24.5 Å². The van der Waals surface area contributed by atoms with Gasteiger partial charge >= 0.3 is 0 Å². The summed E-state index contributed by atoms with van der Waals surface area (Å²) in [6.45, 7) is 0. The first-order valence-corrected chi connectivity index (χ1v) is 5.99. The number of aromatic nitrogens is 1. The molecule has 0 unspecified atom stereocenters. The van der Waals surface area contributed by atoms with Crippen molar-refractivity contribution >= 4 is 0 Å². The summed E-state index contributed by atoms with van der Waals surface area (Å²) < 4.78 is 0. The summed E-state index contributed by atoms with van der Waals surface area (Å²) in [7, 11) is 0. The van der Waals surface area contributed by atoms with Gasteiger partial charge in [-0.2, -0.15) is 0 Å². The fourth-order valence-corrected chi connectivity index (χ4v) is 2.58. The van der Waals surface area contributed by atoms with E-state index in [9.17, 15) is 0 Å². The fraction of sp³-hybridized carbons (Fsp3) is 0.615. The van der Waals surface area contributed by atoms with Crippen LogP contribution in [0.5, 0.6) is 0 Å². The van der Waals surface area contributed by atoms with E-state index in [4.69, 9.17) is 5.73 Å². The van der Waals surface area contributed by atoms with Crippen molar-refractivity contribution in [1.82, 2.24) is 4.98 Å². The predicted octanol–water partition coefficient (Wildman–Crippen LogP) is 2.53. The first kappa shape index (κ1) is 10.6. The molecule has 1 aliphatic rings. The maximum Gasteiger partial charge on any atom is 0.0270 e. The molecule has 82 valence electrons. The van der Waals surface area contributed by atoms with E-state index in [0.717, 1.165) is 12.3 Å². The molecule has 1 atom stereocenters. The summed E-state index contributed by atoms with van der Waals surface area (Å²) in [4.78, 5) is 4.02. The van der Waals surface area contributed by atoms with Crippen LogP contribution in [0.2, 0.25) is 0 Å². The molecule has 1 saturated carbocycles. The third-order valence-electron chi connectivity index (χ3n) is 3.36. The van der Waals surface area contributed by atoms with E-state index in [2.05, 4.69) is 17.1 Å². The predicted molar refractivity (Wildman–Crippen MR) is 62.5 cm³/mol. The highest BCUT2D eigenvalue weighted by Crippen LogP contribution is 2.28. The third-order valence-corrected chi connectivity index (χ3v) is 3.36. The van der Waals surface area contributed by atoms with Crippen LogP contribution < -0.4 is 5.73 Å². The Balaban J connectivity index is 1.79. The molecule has 0 aliphatic heterocycles. The lowest BCUT2D eigenvalue weighted by Crippen LogP contribution is -2.25. The standard InChI is InChI=1S/C13H20N2/c14-13(9-11-3-1-2-4-11)10-12-5-7-15-8-6-12/h5-8,11,13H,1-4,9-10,14H2/t13-/m0/s1. The van der Waals surface area contributed by atoms with Gasteiger partial charge in [0.05, 0.1) is 0 Å². The Labute approximate surface area is 91.9 Å². The van der Waals surface area contributed by atoms with Gasteiger partial charge in [0.25, 0.3) is 0 Å². The zero-order valence-electron chi connectivity index (χ0n) is 9.23. The minimum atomic E-state index is 0.329. The van der Waals surface area contributed by atoms with Gasteiger partial charge in [0.15, 0.2) is 0 Å². The summed E-state index contributed by atoms with van der Waals surface area (Å²) in [5, 5.41) is 0. The quantitative estimate of drug-likeness (QED) is 0.818. The number of nitrogens with zero attached hydrogens (tertiary/aromatic N) is 1. The molecule has 1 fully saturated rings. The highest BCUT2D eigenvalue weighted by Gasteiger charge is 2.17. The molecule has 2 nitrogen and oxygen atoms in total. The molecule has 15 heavy (non-hydrogen) atoms. The van der Waals surface area contributed by atoms with Crippen LogP contribution in [0.25, 0.3) is 0 Å². The Morgan fingerprint density at radius 3 is 2.60 bits per heavy atom. The smallest absolute Gasteiger partial charge is 0.0270 e. The van der Waals surface area contributed by atoms with Gasteiger partial charge in [0, 0.05) is 18.4 Å². The Hall–Kier alpha value is -0.890. The monoisotopic (exact) mass is 204 g/mol. The van der Waals surface area contributed by atoms with Crippen molar-refractivity contribution in [3.63, 3.8) is 0 Å². The maximum atomic E-state index is 6.17. The van der Waals surface area contributed by atoms with E-state index in [0.29, 0.717) is 6.04 Å². The number of nitrogens with two attached hydrogens (primary N) is 1. The molecule has 2 heteroatoms. The highest BCUT2D eigenvalue weighted by atomic mass is 14.6. The van der Waals surface area contributed by atoms with Crippen molar-refractivity contribution in [2.45, 2.75) is 44.6 Å². The van der Waals surface area contributed by atoms with Gasteiger partial charge in [-0.15, -0.1) is 0 Å². The lowest BCUT2D eigenvalue weighted by Gasteiger charge is -2.16. The zero-order valence-corrected chi connectivity index (χ0v) is 9.23. The zero-order chi connectivity index (χ0) is 10.5. The van der Waals surface area contributed by atoms with E-state index in [1.54, 1.807) is 0 Å². The molecule has 1 heterocycles. The van der Waals surface area contributed by atoms with Gasteiger partial charge in [-0.05, 0) is 36.5 Å². The Morgan fingerprint density at radius 1 is 1.27 bits per heavy atom. The van der Waals surface area contributed by atoms with Crippen molar-refractivity contribution in [3.05, 3.63) is 30.1 Å². The first-order valence-electron chi connectivity index (χ1n) is 5.99. The summed E-state index contributed by atoms with van der Waals surface area (Å²) in [6.07, 6.45) is 11.5. The molecule has 0 bridgehead atoms. The van der Waals surface area contributed by atoms with Crippen molar-refractivity contribution < 1.29 is 0 Å². The van der Waals surface area contributed by atoms with E-state index in [1.165, 1.54) is 37.7 Å². The average molecular weight is 204 g/mol. The van der Waals surface area contributed by atoms with E-state index < -0.39 is 0 Å². The van der Waals surface area contributed by atoms with Crippen LogP contribution in [0.3, 0.4) is 0 Å². The lowest BCUT2D eigenvalue weighted by molar-refractivity contribution is 0.440. The van der Waals surface area contributed by atoms with Gasteiger partial charge in [-0.3, -0.25) is 4.98 Å². The van der Waals surface area contributed by atoms with Crippen molar-refractivity contribution in [2.75, 3.05) is 0 Å². The summed E-state index contributed by atoms with van der Waals surface area (Å²) in [5.74, 6) is 0.891. The van der Waals surface area contributed by atoms with Crippen LogP contribution in [0.4, 0.5) is 0 Å². The third kappa shape index (κ3) is 3.31. The second-order valence-corrected chi connectivity index (χ2v) is 4.71. The minimum absolute atomic E-state index is 0.329. The summed E-state index contributed by atoms with van der Waals surface area (Å²) >= 11 is 0. The van der Waals surface area contributed by atoms with Crippen LogP contribution in [0, 0.1) is 5.92 Å². The topological polar surface area (TPSA) is 38.9 Å². The second-order valence-electron chi connectivity index (χ2n) is 4.71. The SMILES string of the molecule is N[C@H](Cc1ccncc1)CC1CCCC1. The maximum absolute atomic E-state index is 6.17. The number of hydrogen-bond acceptors (Lipinski definition) is 2. The number of rotatable bonds is 4. The molecule has 0 spiro atoms. The molecule has 2 rings (SSSR count). The van der Waals surface area contributed by atoms with Gasteiger partial charge < -0.3 is 5.73 Å². The fourth-order valence-electron chi connectivity index (χ4n) is 2.58. The average Bonchev–Trinajstić information content (AvgIpc) is 2.71. The molecule has 0 amide bonds. The van der Waals surface area contributed by atoms with Gasteiger partial charge in [0.1, 0.15) is 0 Å². The Kier molecular flexibility index (Phi) is 3.73. The highest BCUT2D eigenvalue weighted by molar-refractivity contribution is 5.11. The van der Waals surface area contributed by atoms with Gasteiger partial charge in [0.2, 0.25) is 0 Å². The van der Waals surface area contributed by atoms with E-state index in [-0.39, 0.29) is 0 Å². The summed E-state index contributed by atoms with van der Waals surface area (Å²) in [5.41, 5.74) is 7.48. The minimum Gasteiger partial charge on any atom is -0.327 e. The molecule has 0 radical (unpaired) electrons. The molecule has 0 saturated heterocycles.